The van der Waals surface area contributed by atoms with Gasteiger partial charge in [-0.25, -0.2) is 9.97 Å². The Morgan fingerprint density at radius 3 is 2.26 bits per heavy atom. The van der Waals surface area contributed by atoms with Gasteiger partial charge in [0.15, 0.2) is 5.82 Å². The summed E-state index contributed by atoms with van der Waals surface area (Å²) < 4.78 is 37.9. The highest BCUT2D eigenvalue weighted by atomic mass is 19.4. The number of nitrogens with zero attached hydrogens (tertiary/aromatic N) is 4. The predicted molar refractivity (Wildman–Crippen MR) is 77.3 cm³/mol. The molecule has 0 saturated carbocycles. The molecule has 0 spiro atoms. The first-order valence-electron chi connectivity index (χ1n) is 6.74. The molecule has 3 aromatic rings. The van der Waals surface area contributed by atoms with E-state index in [0.717, 1.165) is 11.1 Å². The van der Waals surface area contributed by atoms with E-state index in [1.54, 1.807) is 12.3 Å². The highest BCUT2D eigenvalue weighted by molar-refractivity contribution is 5.61. The number of hydrogen-bond donors (Lipinski definition) is 1. The fraction of sp³-hybridized carbons (Fsp3) is 0.200. The Hall–Kier alpha value is -2.77. The van der Waals surface area contributed by atoms with E-state index in [-0.39, 0.29) is 11.5 Å². The normalized spacial score (nSPS) is 11.7. The zero-order chi connectivity index (χ0) is 16.6. The van der Waals surface area contributed by atoms with Gasteiger partial charge < -0.3 is 0 Å². The molecule has 0 fully saturated rings. The lowest BCUT2D eigenvalue weighted by Gasteiger charge is -2.05. The third-order valence-corrected chi connectivity index (χ3v) is 3.13. The van der Waals surface area contributed by atoms with E-state index in [9.17, 15) is 13.2 Å². The molecule has 3 heterocycles. The topological polar surface area (TPSA) is 67.3 Å². The Morgan fingerprint density at radius 1 is 0.913 bits per heavy atom. The van der Waals surface area contributed by atoms with Crippen LogP contribution in [0.1, 0.15) is 17.0 Å². The van der Waals surface area contributed by atoms with Gasteiger partial charge in [0.05, 0.1) is 11.4 Å². The first kappa shape index (κ1) is 15.1. The minimum atomic E-state index is -4.57. The molecule has 118 valence electrons. The van der Waals surface area contributed by atoms with Gasteiger partial charge in [0.1, 0.15) is 5.69 Å². The van der Waals surface area contributed by atoms with E-state index >= 15 is 0 Å². The summed E-state index contributed by atoms with van der Waals surface area (Å²) in [5.74, 6) is -1.25. The highest BCUT2D eigenvalue weighted by Crippen LogP contribution is 2.28. The summed E-state index contributed by atoms with van der Waals surface area (Å²) in [4.78, 5) is 12.0. The Labute approximate surface area is 129 Å². The van der Waals surface area contributed by atoms with Gasteiger partial charge in [0.25, 0.3) is 0 Å². The molecule has 0 radical (unpaired) electrons. The summed E-state index contributed by atoms with van der Waals surface area (Å²) in [6, 6.07) is 7.14. The maximum atomic E-state index is 12.6. The smallest absolute Gasteiger partial charge is 0.255 e. The molecule has 0 bridgehead atoms. The van der Waals surface area contributed by atoms with Crippen LogP contribution in [-0.2, 0) is 6.18 Å². The van der Waals surface area contributed by atoms with E-state index in [0.29, 0.717) is 11.4 Å². The molecule has 23 heavy (non-hydrogen) atoms. The van der Waals surface area contributed by atoms with Crippen molar-refractivity contribution >= 4 is 0 Å². The molecular formula is C15H12F3N5. The van der Waals surface area contributed by atoms with Gasteiger partial charge in [-0.15, -0.1) is 0 Å². The molecule has 0 amide bonds. The summed E-state index contributed by atoms with van der Waals surface area (Å²) in [7, 11) is 0. The summed E-state index contributed by atoms with van der Waals surface area (Å²) in [5, 5.41) is 5.50. The third-order valence-electron chi connectivity index (χ3n) is 3.13. The summed E-state index contributed by atoms with van der Waals surface area (Å²) >= 11 is 0. The standard InChI is InChI=1S/C15H12F3N5/c1-8-3-4-19-10(5-8)11-6-9(2)7-12(20-11)13-21-14(23-22-13)15(16,17)18/h3-7H,1-2H3,(H,21,22,23). The molecule has 3 rings (SSSR count). The molecule has 0 aliphatic rings. The molecule has 0 aromatic carbocycles. The Bertz CT molecular complexity index is 854. The lowest BCUT2D eigenvalue weighted by Crippen LogP contribution is -2.07. The maximum Gasteiger partial charge on any atom is 0.451 e. The fourth-order valence-corrected chi connectivity index (χ4v) is 2.09. The van der Waals surface area contributed by atoms with Gasteiger partial charge in [0, 0.05) is 6.20 Å². The van der Waals surface area contributed by atoms with Crippen LogP contribution in [0, 0.1) is 13.8 Å². The molecule has 0 saturated heterocycles. The minimum absolute atomic E-state index is 0.102. The second kappa shape index (κ2) is 5.45. The SMILES string of the molecule is Cc1ccnc(-c2cc(C)cc(-c3n[nH]c(C(F)(F)F)n3)n2)c1. The second-order valence-electron chi connectivity index (χ2n) is 5.14. The summed E-state index contributed by atoms with van der Waals surface area (Å²) in [5.41, 5.74) is 3.29. The number of halogens is 3. The second-order valence-corrected chi connectivity index (χ2v) is 5.14. The monoisotopic (exact) mass is 319 g/mol. The third kappa shape index (κ3) is 3.20. The average molecular weight is 319 g/mol. The maximum absolute atomic E-state index is 12.6. The molecule has 1 N–H and O–H groups in total. The van der Waals surface area contributed by atoms with Crippen LogP contribution in [0.25, 0.3) is 22.9 Å². The fourth-order valence-electron chi connectivity index (χ4n) is 2.09. The van der Waals surface area contributed by atoms with Crippen LogP contribution in [0.5, 0.6) is 0 Å². The van der Waals surface area contributed by atoms with Crippen molar-refractivity contribution in [2.24, 2.45) is 0 Å². The molecule has 5 nitrogen and oxygen atoms in total. The van der Waals surface area contributed by atoms with Crippen molar-refractivity contribution in [1.82, 2.24) is 25.1 Å². The van der Waals surface area contributed by atoms with Crippen LogP contribution in [0.4, 0.5) is 13.2 Å². The van der Waals surface area contributed by atoms with Crippen molar-refractivity contribution in [3.05, 3.63) is 47.4 Å². The van der Waals surface area contributed by atoms with Crippen molar-refractivity contribution in [3.63, 3.8) is 0 Å². The molecule has 8 heteroatoms. The number of alkyl halides is 3. The molecule has 0 aliphatic heterocycles. The highest BCUT2D eigenvalue weighted by Gasteiger charge is 2.35. The lowest BCUT2D eigenvalue weighted by atomic mass is 10.1. The quantitative estimate of drug-likeness (QED) is 0.784. The van der Waals surface area contributed by atoms with E-state index in [1.165, 1.54) is 0 Å². The van der Waals surface area contributed by atoms with Gasteiger partial charge >= 0.3 is 6.18 Å². The number of pyridine rings is 2. The van der Waals surface area contributed by atoms with E-state index in [4.69, 9.17) is 0 Å². The van der Waals surface area contributed by atoms with Crippen LogP contribution >= 0.6 is 0 Å². The number of hydrogen-bond acceptors (Lipinski definition) is 4. The zero-order valence-electron chi connectivity index (χ0n) is 12.3. The van der Waals surface area contributed by atoms with Crippen molar-refractivity contribution in [3.8, 4) is 22.9 Å². The number of aromatic amines is 1. The molecule has 3 aromatic heterocycles. The van der Waals surface area contributed by atoms with Gasteiger partial charge in [-0.2, -0.15) is 18.3 Å². The molecule has 0 aliphatic carbocycles. The Kier molecular flexibility index (Phi) is 3.59. The average Bonchev–Trinajstić information content (AvgIpc) is 2.96. The number of aromatic nitrogens is 5. The van der Waals surface area contributed by atoms with E-state index < -0.39 is 12.0 Å². The molecule has 0 atom stereocenters. The van der Waals surface area contributed by atoms with E-state index in [2.05, 4.69) is 20.1 Å². The van der Waals surface area contributed by atoms with Crippen molar-refractivity contribution in [1.29, 1.82) is 0 Å². The largest absolute Gasteiger partial charge is 0.451 e. The number of aryl methyl sites for hydroxylation is 2. The number of H-pyrrole nitrogens is 1. The van der Waals surface area contributed by atoms with Gasteiger partial charge in [0.2, 0.25) is 5.82 Å². The van der Waals surface area contributed by atoms with Gasteiger partial charge in [-0.1, -0.05) is 0 Å². The van der Waals surface area contributed by atoms with Gasteiger partial charge in [-0.05, 0) is 49.2 Å². The van der Waals surface area contributed by atoms with Crippen LogP contribution in [-0.4, -0.2) is 25.1 Å². The van der Waals surface area contributed by atoms with Crippen molar-refractivity contribution < 1.29 is 13.2 Å². The molecule has 0 unspecified atom stereocenters. The summed E-state index contributed by atoms with van der Waals surface area (Å²) in [6.07, 6.45) is -2.92. The van der Waals surface area contributed by atoms with Crippen LogP contribution < -0.4 is 0 Å². The Morgan fingerprint density at radius 2 is 1.61 bits per heavy atom. The van der Waals surface area contributed by atoms with Crippen LogP contribution in [0.2, 0.25) is 0 Å². The summed E-state index contributed by atoms with van der Waals surface area (Å²) in [6.45, 7) is 3.74. The van der Waals surface area contributed by atoms with Crippen molar-refractivity contribution in [2.45, 2.75) is 20.0 Å². The minimum Gasteiger partial charge on any atom is -0.255 e. The van der Waals surface area contributed by atoms with E-state index in [1.807, 2.05) is 37.1 Å². The number of nitrogens with one attached hydrogen (secondary N) is 1. The number of rotatable bonds is 2. The first-order valence-corrected chi connectivity index (χ1v) is 6.74. The van der Waals surface area contributed by atoms with Crippen LogP contribution in [0.15, 0.2) is 30.5 Å². The zero-order valence-corrected chi connectivity index (χ0v) is 12.3. The Balaban J connectivity index is 2.06. The van der Waals surface area contributed by atoms with Crippen molar-refractivity contribution in [2.75, 3.05) is 0 Å². The first-order chi connectivity index (χ1) is 10.8. The van der Waals surface area contributed by atoms with Gasteiger partial charge in [-0.3, -0.25) is 10.1 Å². The molecular weight excluding hydrogens is 307 g/mol. The van der Waals surface area contributed by atoms with Crippen LogP contribution in [0.3, 0.4) is 0 Å². The predicted octanol–water partition coefficient (Wildman–Crippen LogP) is 3.56. The lowest BCUT2D eigenvalue weighted by molar-refractivity contribution is -0.144.